The summed E-state index contributed by atoms with van der Waals surface area (Å²) in [6.07, 6.45) is 5.37. The molecule has 0 bridgehead atoms. The van der Waals surface area contributed by atoms with Crippen LogP contribution in [0.15, 0.2) is 30.7 Å². The standard InChI is InChI=1S/C17H19FN6/c18-15-11(2-1-3-13(15)19)12-8-24(10-4-6-21-7-5-10)17-14(12)16(20)22-9-23-17/h1-3,8-10,21H,4-7,19H2,(H2,20,22,23). The van der Waals surface area contributed by atoms with Gasteiger partial charge < -0.3 is 21.4 Å². The highest BCUT2D eigenvalue weighted by atomic mass is 19.1. The number of nitrogen functional groups attached to an aromatic ring is 2. The van der Waals surface area contributed by atoms with Crippen LogP contribution in [0.5, 0.6) is 0 Å². The molecule has 1 fully saturated rings. The van der Waals surface area contributed by atoms with Crippen LogP contribution in [-0.4, -0.2) is 27.6 Å². The van der Waals surface area contributed by atoms with Crippen molar-refractivity contribution in [3.8, 4) is 11.1 Å². The largest absolute Gasteiger partial charge is 0.396 e. The number of nitrogens with one attached hydrogen (secondary N) is 1. The highest BCUT2D eigenvalue weighted by Gasteiger charge is 2.23. The SMILES string of the molecule is Nc1cccc(-c2cn(C3CCNCC3)c3ncnc(N)c23)c1F. The van der Waals surface area contributed by atoms with Crippen molar-refractivity contribution in [1.29, 1.82) is 0 Å². The third-order valence-electron chi connectivity index (χ3n) is 4.66. The van der Waals surface area contributed by atoms with E-state index in [1.807, 2.05) is 6.20 Å². The van der Waals surface area contributed by atoms with E-state index in [-0.39, 0.29) is 5.69 Å². The average molecular weight is 326 g/mol. The maximum Gasteiger partial charge on any atom is 0.153 e. The Bertz CT molecular complexity index is 897. The number of piperidine rings is 1. The molecule has 124 valence electrons. The Hall–Kier alpha value is -2.67. The zero-order chi connectivity index (χ0) is 16.7. The second-order valence-electron chi connectivity index (χ2n) is 6.10. The Morgan fingerprint density at radius 1 is 1.12 bits per heavy atom. The van der Waals surface area contributed by atoms with E-state index in [0.717, 1.165) is 31.6 Å². The molecule has 5 N–H and O–H groups in total. The first-order valence-electron chi connectivity index (χ1n) is 8.03. The first-order valence-corrected chi connectivity index (χ1v) is 8.03. The van der Waals surface area contributed by atoms with Crippen molar-refractivity contribution >= 4 is 22.5 Å². The predicted molar refractivity (Wildman–Crippen MR) is 92.9 cm³/mol. The molecule has 0 aliphatic carbocycles. The highest BCUT2D eigenvalue weighted by molar-refractivity contribution is 6.01. The Balaban J connectivity index is 1.97. The zero-order valence-electron chi connectivity index (χ0n) is 13.2. The molecule has 0 amide bonds. The summed E-state index contributed by atoms with van der Waals surface area (Å²) in [7, 11) is 0. The molecule has 4 rings (SSSR count). The lowest BCUT2D eigenvalue weighted by molar-refractivity contribution is 0.375. The summed E-state index contributed by atoms with van der Waals surface area (Å²) in [5.41, 5.74) is 13.8. The lowest BCUT2D eigenvalue weighted by Crippen LogP contribution is -2.29. The molecular weight excluding hydrogens is 307 g/mol. The summed E-state index contributed by atoms with van der Waals surface area (Å²) in [6.45, 7) is 1.90. The second kappa shape index (κ2) is 5.76. The third-order valence-corrected chi connectivity index (χ3v) is 4.66. The molecule has 0 unspecified atom stereocenters. The summed E-state index contributed by atoms with van der Waals surface area (Å²) in [4.78, 5) is 8.50. The van der Waals surface area contributed by atoms with Crippen molar-refractivity contribution in [2.75, 3.05) is 24.6 Å². The molecule has 1 aromatic carbocycles. The zero-order valence-corrected chi connectivity index (χ0v) is 13.2. The fraction of sp³-hybridized carbons (Fsp3) is 0.294. The molecule has 24 heavy (non-hydrogen) atoms. The van der Waals surface area contributed by atoms with Gasteiger partial charge in [0.1, 0.15) is 17.8 Å². The van der Waals surface area contributed by atoms with Gasteiger partial charge in [0.25, 0.3) is 0 Å². The van der Waals surface area contributed by atoms with Gasteiger partial charge in [0.05, 0.1) is 11.1 Å². The van der Waals surface area contributed by atoms with Gasteiger partial charge in [-0.1, -0.05) is 12.1 Å². The van der Waals surface area contributed by atoms with Gasteiger partial charge in [-0.2, -0.15) is 0 Å². The summed E-state index contributed by atoms with van der Waals surface area (Å²) < 4.78 is 16.7. The Morgan fingerprint density at radius 3 is 2.71 bits per heavy atom. The van der Waals surface area contributed by atoms with Crippen LogP contribution in [0.4, 0.5) is 15.9 Å². The number of fused-ring (bicyclic) bond motifs is 1. The number of nitrogens with zero attached hydrogens (tertiary/aromatic N) is 3. The topological polar surface area (TPSA) is 94.8 Å². The van der Waals surface area contributed by atoms with Gasteiger partial charge in [-0.15, -0.1) is 0 Å². The van der Waals surface area contributed by atoms with Crippen LogP contribution in [0.1, 0.15) is 18.9 Å². The van der Waals surface area contributed by atoms with E-state index in [2.05, 4.69) is 19.9 Å². The smallest absolute Gasteiger partial charge is 0.153 e. The maximum atomic E-state index is 14.6. The Labute approximate surface area is 138 Å². The summed E-state index contributed by atoms with van der Waals surface area (Å²) >= 11 is 0. The molecule has 1 saturated heterocycles. The summed E-state index contributed by atoms with van der Waals surface area (Å²) in [5.74, 6) is -0.0883. The molecular formula is C17H19FN6. The van der Waals surface area contributed by atoms with E-state index in [1.54, 1.807) is 18.2 Å². The van der Waals surface area contributed by atoms with Crippen molar-refractivity contribution in [3.63, 3.8) is 0 Å². The number of halogens is 1. The summed E-state index contributed by atoms with van der Waals surface area (Å²) in [5, 5.41) is 4.03. The van der Waals surface area contributed by atoms with E-state index in [0.29, 0.717) is 28.4 Å². The molecule has 3 aromatic rings. The lowest BCUT2D eigenvalue weighted by atomic mass is 10.0. The molecule has 2 aromatic heterocycles. The summed E-state index contributed by atoms with van der Waals surface area (Å²) in [6, 6.07) is 5.30. The number of hydrogen-bond donors (Lipinski definition) is 3. The van der Waals surface area contributed by atoms with Crippen molar-refractivity contribution in [2.45, 2.75) is 18.9 Å². The first kappa shape index (κ1) is 14.9. The fourth-order valence-electron chi connectivity index (χ4n) is 3.43. The molecule has 0 atom stereocenters. The van der Waals surface area contributed by atoms with Crippen LogP contribution in [-0.2, 0) is 0 Å². The lowest BCUT2D eigenvalue weighted by Gasteiger charge is -2.24. The molecule has 7 heteroatoms. The van der Waals surface area contributed by atoms with Crippen molar-refractivity contribution < 1.29 is 4.39 Å². The minimum atomic E-state index is -0.440. The minimum absolute atomic E-state index is 0.116. The van der Waals surface area contributed by atoms with Crippen LogP contribution >= 0.6 is 0 Å². The number of anilines is 2. The van der Waals surface area contributed by atoms with Crippen molar-refractivity contribution in [3.05, 3.63) is 36.5 Å². The molecule has 0 spiro atoms. The molecule has 3 heterocycles. The Kier molecular flexibility index (Phi) is 3.57. The number of benzene rings is 1. The maximum absolute atomic E-state index is 14.6. The van der Waals surface area contributed by atoms with E-state index in [1.165, 1.54) is 6.33 Å². The molecule has 6 nitrogen and oxygen atoms in total. The van der Waals surface area contributed by atoms with Crippen LogP contribution < -0.4 is 16.8 Å². The van der Waals surface area contributed by atoms with Crippen LogP contribution in [0.25, 0.3) is 22.2 Å². The molecule has 0 radical (unpaired) electrons. The van der Waals surface area contributed by atoms with Crippen LogP contribution in [0, 0.1) is 5.82 Å². The number of aromatic nitrogens is 3. The van der Waals surface area contributed by atoms with Gasteiger partial charge in [-0.25, -0.2) is 14.4 Å². The molecule has 1 aliphatic heterocycles. The van der Waals surface area contributed by atoms with Crippen molar-refractivity contribution in [1.82, 2.24) is 19.9 Å². The first-order chi connectivity index (χ1) is 11.7. The van der Waals surface area contributed by atoms with Gasteiger partial charge >= 0.3 is 0 Å². The Morgan fingerprint density at radius 2 is 1.92 bits per heavy atom. The van der Waals surface area contributed by atoms with Crippen LogP contribution in [0.2, 0.25) is 0 Å². The van der Waals surface area contributed by atoms with E-state index >= 15 is 0 Å². The highest BCUT2D eigenvalue weighted by Crippen LogP contribution is 2.37. The number of hydrogen-bond acceptors (Lipinski definition) is 5. The van der Waals surface area contributed by atoms with E-state index in [4.69, 9.17) is 11.5 Å². The predicted octanol–water partition coefficient (Wildman–Crippen LogP) is 2.33. The average Bonchev–Trinajstić information content (AvgIpc) is 2.99. The minimum Gasteiger partial charge on any atom is -0.396 e. The second-order valence-corrected chi connectivity index (χ2v) is 6.10. The van der Waals surface area contributed by atoms with Gasteiger partial charge in [0.2, 0.25) is 0 Å². The van der Waals surface area contributed by atoms with E-state index in [9.17, 15) is 4.39 Å². The normalized spacial score (nSPS) is 15.9. The molecule has 1 aliphatic rings. The van der Waals surface area contributed by atoms with Gasteiger partial charge in [-0.3, -0.25) is 0 Å². The van der Waals surface area contributed by atoms with Crippen molar-refractivity contribution in [2.24, 2.45) is 0 Å². The van der Waals surface area contributed by atoms with E-state index < -0.39 is 5.82 Å². The number of nitrogens with two attached hydrogens (primary N) is 2. The van der Waals surface area contributed by atoms with Crippen LogP contribution in [0.3, 0.4) is 0 Å². The third kappa shape index (κ3) is 2.28. The quantitative estimate of drug-likeness (QED) is 0.628. The van der Waals surface area contributed by atoms with Gasteiger partial charge in [0, 0.05) is 23.4 Å². The fourth-order valence-corrected chi connectivity index (χ4v) is 3.43. The number of rotatable bonds is 2. The monoisotopic (exact) mass is 326 g/mol. The molecule has 0 saturated carbocycles. The van der Waals surface area contributed by atoms with Gasteiger partial charge in [-0.05, 0) is 32.0 Å². The van der Waals surface area contributed by atoms with Gasteiger partial charge in [0.15, 0.2) is 5.82 Å².